The zero-order valence-corrected chi connectivity index (χ0v) is 15.8. The van der Waals surface area contributed by atoms with E-state index in [1.54, 1.807) is 42.5 Å². The summed E-state index contributed by atoms with van der Waals surface area (Å²) < 4.78 is 0. The fourth-order valence-corrected chi connectivity index (χ4v) is 2.89. The third kappa shape index (κ3) is 5.84. The van der Waals surface area contributed by atoms with Crippen LogP contribution >= 0.6 is 11.8 Å². The van der Waals surface area contributed by atoms with Gasteiger partial charge in [-0.3, -0.25) is 19.7 Å². The number of anilines is 2. The van der Waals surface area contributed by atoms with Gasteiger partial charge in [0.05, 0.1) is 10.7 Å². The summed E-state index contributed by atoms with van der Waals surface area (Å²) in [5.74, 6) is -0.285. The molecule has 0 radical (unpaired) electrons. The standard InChI is InChI=1S/C19H15N5O4S/c25-17(20-14-7-4-8-15(11-14)24(27)28)12-29-18-10-9-16(22-23-18)21-19(26)13-5-2-1-3-6-13/h1-11H,12H2,(H,20,25)(H,21,22,26). The van der Waals surface area contributed by atoms with Crippen molar-refractivity contribution in [2.45, 2.75) is 5.03 Å². The highest BCUT2D eigenvalue weighted by molar-refractivity contribution is 7.99. The van der Waals surface area contributed by atoms with Crippen LogP contribution in [0.3, 0.4) is 0 Å². The zero-order valence-electron chi connectivity index (χ0n) is 14.9. The van der Waals surface area contributed by atoms with Crippen molar-refractivity contribution >= 4 is 40.8 Å². The molecule has 0 saturated heterocycles. The lowest BCUT2D eigenvalue weighted by atomic mass is 10.2. The largest absolute Gasteiger partial charge is 0.325 e. The molecule has 0 fully saturated rings. The molecule has 0 atom stereocenters. The van der Waals surface area contributed by atoms with Crippen molar-refractivity contribution in [2.75, 3.05) is 16.4 Å². The number of nitrogens with zero attached hydrogens (tertiary/aromatic N) is 3. The quantitative estimate of drug-likeness (QED) is 0.348. The molecule has 2 N–H and O–H groups in total. The van der Waals surface area contributed by atoms with E-state index in [2.05, 4.69) is 20.8 Å². The number of non-ortho nitro benzene ring substituents is 1. The molecule has 3 aromatic rings. The van der Waals surface area contributed by atoms with E-state index in [-0.39, 0.29) is 23.3 Å². The molecule has 3 rings (SSSR count). The topological polar surface area (TPSA) is 127 Å². The third-order valence-electron chi connectivity index (χ3n) is 3.61. The Morgan fingerprint density at radius 1 is 0.966 bits per heavy atom. The molecular weight excluding hydrogens is 394 g/mol. The second kappa shape index (κ2) is 9.42. The van der Waals surface area contributed by atoms with Crippen LogP contribution in [0.1, 0.15) is 10.4 Å². The number of nitrogens with one attached hydrogen (secondary N) is 2. The molecule has 1 heterocycles. The van der Waals surface area contributed by atoms with Gasteiger partial charge in [-0.1, -0.05) is 36.0 Å². The van der Waals surface area contributed by atoms with Gasteiger partial charge in [-0.05, 0) is 30.3 Å². The van der Waals surface area contributed by atoms with E-state index in [0.29, 0.717) is 22.1 Å². The maximum absolute atomic E-state index is 12.1. The van der Waals surface area contributed by atoms with Crippen molar-refractivity contribution in [1.29, 1.82) is 0 Å². The predicted molar refractivity (Wildman–Crippen MR) is 109 cm³/mol. The smallest absolute Gasteiger partial charge is 0.271 e. The highest BCUT2D eigenvalue weighted by atomic mass is 32.2. The first-order chi connectivity index (χ1) is 14.0. The number of hydrogen-bond acceptors (Lipinski definition) is 7. The molecule has 0 bridgehead atoms. The van der Waals surface area contributed by atoms with Gasteiger partial charge >= 0.3 is 0 Å². The number of hydrogen-bond donors (Lipinski definition) is 2. The molecule has 146 valence electrons. The Bertz CT molecular complexity index is 1030. The van der Waals surface area contributed by atoms with Gasteiger partial charge in [0.25, 0.3) is 11.6 Å². The van der Waals surface area contributed by atoms with Crippen molar-refractivity contribution in [3.8, 4) is 0 Å². The molecule has 9 nitrogen and oxygen atoms in total. The van der Waals surface area contributed by atoms with Gasteiger partial charge in [-0.25, -0.2) is 0 Å². The molecule has 0 unspecified atom stereocenters. The molecular formula is C19H15N5O4S. The number of rotatable bonds is 7. The van der Waals surface area contributed by atoms with Crippen LogP contribution in [-0.4, -0.2) is 32.7 Å². The molecule has 0 aliphatic rings. The molecule has 0 saturated carbocycles. The minimum atomic E-state index is -0.530. The Balaban J connectivity index is 1.51. The zero-order chi connectivity index (χ0) is 20.6. The average molecular weight is 409 g/mol. The van der Waals surface area contributed by atoms with Gasteiger partial charge < -0.3 is 10.6 Å². The molecule has 10 heteroatoms. The molecule has 2 amide bonds. The van der Waals surface area contributed by atoms with Crippen LogP contribution < -0.4 is 10.6 Å². The van der Waals surface area contributed by atoms with Gasteiger partial charge in [-0.15, -0.1) is 10.2 Å². The van der Waals surface area contributed by atoms with Crippen molar-refractivity contribution in [1.82, 2.24) is 10.2 Å². The molecule has 2 aromatic carbocycles. The summed E-state index contributed by atoms with van der Waals surface area (Å²) in [6.45, 7) is 0. The van der Waals surface area contributed by atoms with Gasteiger partial charge in [0.1, 0.15) is 5.03 Å². The van der Waals surface area contributed by atoms with E-state index < -0.39 is 4.92 Å². The van der Waals surface area contributed by atoms with Crippen molar-refractivity contribution in [2.24, 2.45) is 0 Å². The van der Waals surface area contributed by atoms with Crippen molar-refractivity contribution in [3.63, 3.8) is 0 Å². The Morgan fingerprint density at radius 3 is 2.45 bits per heavy atom. The van der Waals surface area contributed by atoms with Crippen LogP contribution in [-0.2, 0) is 4.79 Å². The maximum Gasteiger partial charge on any atom is 0.271 e. The van der Waals surface area contributed by atoms with E-state index >= 15 is 0 Å². The lowest BCUT2D eigenvalue weighted by Crippen LogP contribution is -2.14. The van der Waals surface area contributed by atoms with Crippen molar-refractivity contribution in [3.05, 3.63) is 82.4 Å². The summed E-state index contributed by atoms with van der Waals surface area (Å²) in [5, 5.41) is 24.4. The Labute approximate surface area is 169 Å². The van der Waals surface area contributed by atoms with Crippen LogP contribution in [0, 0.1) is 10.1 Å². The van der Waals surface area contributed by atoms with E-state index in [1.165, 1.54) is 18.2 Å². The summed E-state index contributed by atoms with van der Waals surface area (Å²) in [7, 11) is 0. The summed E-state index contributed by atoms with van der Waals surface area (Å²) in [4.78, 5) is 34.3. The van der Waals surface area contributed by atoms with Crippen LogP contribution in [0.25, 0.3) is 0 Å². The summed E-state index contributed by atoms with van der Waals surface area (Å²) in [6, 6.07) is 17.6. The van der Waals surface area contributed by atoms with Crippen LogP contribution in [0.5, 0.6) is 0 Å². The molecule has 1 aromatic heterocycles. The second-order valence-corrected chi connectivity index (χ2v) is 6.72. The fourth-order valence-electron chi connectivity index (χ4n) is 2.28. The van der Waals surface area contributed by atoms with Gasteiger partial charge in [-0.2, -0.15) is 0 Å². The summed E-state index contributed by atoms with van der Waals surface area (Å²) >= 11 is 1.15. The highest BCUT2D eigenvalue weighted by Gasteiger charge is 2.10. The molecule has 0 spiro atoms. The number of aromatic nitrogens is 2. The number of carbonyl (C=O) groups excluding carboxylic acids is 2. The van der Waals surface area contributed by atoms with E-state index in [9.17, 15) is 19.7 Å². The van der Waals surface area contributed by atoms with Crippen LogP contribution in [0.15, 0.2) is 71.8 Å². The molecule has 29 heavy (non-hydrogen) atoms. The molecule has 0 aliphatic carbocycles. The second-order valence-electron chi connectivity index (χ2n) is 5.72. The molecule has 0 aliphatic heterocycles. The summed E-state index contributed by atoms with van der Waals surface area (Å²) in [5.41, 5.74) is 0.745. The number of amides is 2. The number of nitro benzene ring substituents is 1. The minimum absolute atomic E-state index is 0.0487. The normalized spacial score (nSPS) is 10.2. The van der Waals surface area contributed by atoms with Crippen molar-refractivity contribution < 1.29 is 14.5 Å². The number of carbonyl (C=O) groups is 2. The van der Waals surface area contributed by atoms with Crippen LogP contribution in [0.2, 0.25) is 0 Å². The Morgan fingerprint density at radius 2 is 1.76 bits per heavy atom. The lowest BCUT2D eigenvalue weighted by molar-refractivity contribution is -0.384. The van der Waals surface area contributed by atoms with E-state index in [0.717, 1.165) is 11.8 Å². The van der Waals surface area contributed by atoms with Gasteiger partial charge in [0.2, 0.25) is 5.91 Å². The van der Waals surface area contributed by atoms with Gasteiger partial charge in [0, 0.05) is 23.4 Å². The fraction of sp³-hybridized carbons (Fsp3) is 0.0526. The maximum atomic E-state index is 12.1. The third-order valence-corrected chi connectivity index (χ3v) is 4.53. The first-order valence-electron chi connectivity index (χ1n) is 8.38. The number of thioether (sulfide) groups is 1. The lowest BCUT2D eigenvalue weighted by Gasteiger charge is -2.06. The summed E-state index contributed by atoms with van der Waals surface area (Å²) in [6.07, 6.45) is 0. The monoisotopic (exact) mass is 409 g/mol. The minimum Gasteiger partial charge on any atom is -0.325 e. The first-order valence-corrected chi connectivity index (χ1v) is 9.37. The predicted octanol–water partition coefficient (Wildman–Crippen LogP) is 3.37. The highest BCUT2D eigenvalue weighted by Crippen LogP contribution is 2.19. The first kappa shape index (κ1) is 20.0. The van der Waals surface area contributed by atoms with E-state index in [1.807, 2.05) is 6.07 Å². The van der Waals surface area contributed by atoms with Gasteiger partial charge in [0.15, 0.2) is 5.82 Å². The average Bonchev–Trinajstić information content (AvgIpc) is 2.74. The Kier molecular flexibility index (Phi) is 6.48. The number of nitro groups is 1. The van der Waals surface area contributed by atoms with E-state index in [4.69, 9.17) is 0 Å². The van der Waals surface area contributed by atoms with Crippen LogP contribution in [0.4, 0.5) is 17.2 Å². The Hall–Kier alpha value is -3.79. The number of benzene rings is 2. The SMILES string of the molecule is O=C(CSc1ccc(NC(=O)c2ccccc2)nn1)Nc1cccc([N+](=O)[O-])c1.